The van der Waals surface area contributed by atoms with E-state index in [4.69, 9.17) is 0 Å². The predicted molar refractivity (Wildman–Crippen MR) is 78.7 cm³/mol. The van der Waals surface area contributed by atoms with E-state index in [0.29, 0.717) is 12.2 Å². The number of nitrogens with zero attached hydrogens (tertiary/aromatic N) is 5. The Kier molecular flexibility index (Phi) is 4.32. The first kappa shape index (κ1) is 14.8. The van der Waals surface area contributed by atoms with Crippen LogP contribution < -0.4 is 5.32 Å². The molecule has 0 aliphatic heterocycles. The van der Waals surface area contributed by atoms with Crippen molar-refractivity contribution in [2.75, 3.05) is 0 Å². The maximum absolute atomic E-state index is 12.9. The molecule has 0 bridgehead atoms. The fourth-order valence-electron chi connectivity index (χ4n) is 1.95. The van der Waals surface area contributed by atoms with Crippen LogP contribution in [0.15, 0.2) is 49.1 Å². The Labute approximate surface area is 131 Å². The van der Waals surface area contributed by atoms with Gasteiger partial charge in [-0.2, -0.15) is 0 Å². The highest BCUT2D eigenvalue weighted by molar-refractivity contribution is 5.91. The van der Waals surface area contributed by atoms with Gasteiger partial charge in [-0.3, -0.25) is 9.78 Å². The van der Waals surface area contributed by atoms with Gasteiger partial charge in [0.25, 0.3) is 5.91 Å². The monoisotopic (exact) mass is 312 g/mol. The van der Waals surface area contributed by atoms with Gasteiger partial charge in [-0.1, -0.05) is 17.3 Å². The number of carbonyl (C=O) groups is 1. The Bertz CT molecular complexity index is 787. The Morgan fingerprint density at radius 3 is 2.78 bits per heavy atom. The van der Waals surface area contributed by atoms with E-state index in [-0.39, 0.29) is 24.0 Å². The first-order valence-electron chi connectivity index (χ1n) is 6.88. The van der Waals surface area contributed by atoms with Gasteiger partial charge in [-0.05, 0) is 17.7 Å². The predicted octanol–water partition coefficient (Wildman–Crippen LogP) is 1.19. The highest BCUT2D eigenvalue weighted by atomic mass is 19.1. The molecule has 116 valence electrons. The van der Waals surface area contributed by atoms with E-state index in [1.165, 1.54) is 30.7 Å². The minimum Gasteiger partial charge on any atom is -0.345 e. The van der Waals surface area contributed by atoms with Crippen LogP contribution >= 0.6 is 0 Å². The largest absolute Gasteiger partial charge is 0.345 e. The fourth-order valence-corrected chi connectivity index (χ4v) is 1.95. The lowest BCUT2D eigenvalue weighted by Crippen LogP contribution is -2.24. The van der Waals surface area contributed by atoms with Crippen molar-refractivity contribution in [2.24, 2.45) is 0 Å². The van der Waals surface area contributed by atoms with Gasteiger partial charge in [0.1, 0.15) is 17.2 Å². The molecule has 1 amide bonds. The molecule has 2 aromatic heterocycles. The quantitative estimate of drug-likeness (QED) is 0.765. The smallest absolute Gasteiger partial charge is 0.271 e. The molecule has 0 radical (unpaired) electrons. The maximum atomic E-state index is 12.9. The van der Waals surface area contributed by atoms with Gasteiger partial charge < -0.3 is 5.32 Å². The van der Waals surface area contributed by atoms with Crippen LogP contribution in [0.5, 0.6) is 0 Å². The number of rotatable bonds is 5. The Morgan fingerprint density at radius 1 is 1.22 bits per heavy atom. The molecule has 3 aromatic rings. The van der Waals surface area contributed by atoms with Crippen molar-refractivity contribution in [3.63, 3.8) is 0 Å². The molecular weight excluding hydrogens is 299 g/mol. The zero-order valence-corrected chi connectivity index (χ0v) is 12.1. The van der Waals surface area contributed by atoms with Crippen LogP contribution in [0.4, 0.5) is 4.39 Å². The van der Waals surface area contributed by atoms with E-state index in [9.17, 15) is 9.18 Å². The number of benzene rings is 1. The summed E-state index contributed by atoms with van der Waals surface area (Å²) in [6, 6.07) is 6.17. The van der Waals surface area contributed by atoms with Crippen LogP contribution in [0.25, 0.3) is 0 Å². The summed E-state index contributed by atoms with van der Waals surface area (Å²) in [5.74, 6) is -0.606. The Hall–Kier alpha value is -3.16. The minimum atomic E-state index is -0.328. The van der Waals surface area contributed by atoms with Crippen LogP contribution in [0.1, 0.15) is 21.7 Å². The number of halogens is 1. The topological polar surface area (TPSA) is 85.6 Å². The molecule has 1 N–H and O–H groups in total. The van der Waals surface area contributed by atoms with Crippen molar-refractivity contribution in [3.05, 3.63) is 71.8 Å². The summed E-state index contributed by atoms with van der Waals surface area (Å²) in [6.45, 7) is 0.713. The summed E-state index contributed by atoms with van der Waals surface area (Å²) in [4.78, 5) is 19.6. The summed E-state index contributed by atoms with van der Waals surface area (Å²) >= 11 is 0. The number of amides is 1. The lowest BCUT2D eigenvalue weighted by Gasteiger charge is -2.01. The maximum Gasteiger partial charge on any atom is 0.271 e. The van der Waals surface area contributed by atoms with Gasteiger partial charge in [0.05, 0.1) is 25.5 Å². The van der Waals surface area contributed by atoms with Crippen molar-refractivity contribution in [3.8, 4) is 0 Å². The number of hydrogen-bond donors (Lipinski definition) is 1. The van der Waals surface area contributed by atoms with E-state index in [0.717, 1.165) is 5.56 Å². The first-order chi connectivity index (χ1) is 11.2. The third-order valence-corrected chi connectivity index (χ3v) is 3.07. The summed E-state index contributed by atoms with van der Waals surface area (Å²) < 4.78 is 14.5. The SMILES string of the molecule is O=C(NCc1cn(Cc2ccc(F)cc2)nn1)c1cnccn1. The zero-order valence-electron chi connectivity index (χ0n) is 12.1. The van der Waals surface area contributed by atoms with Crippen molar-refractivity contribution in [2.45, 2.75) is 13.1 Å². The Balaban J connectivity index is 1.57. The Morgan fingerprint density at radius 2 is 2.04 bits per heavy atom. The third-order valence-electron chi connectivity index (χ3n) is 3.07. The molecule has 8 heteroatoms. The molecule has 0 unspecified atom stereocenters. The van der Waals surface area contributed by atoms with Crippen molar-refractivity contribution >= 4 is 5.91 Å². The average Bonchev–Trinajstić information content (AvgIpc) is 3.03. The molecule has 23 heavy (non-hydrogen) atoms. The van der Waals surface area contributed by atoms with Gasteiger partial charge in [0.2, 0.25) is 0 Å². The highest BCUT2D eigenvalue weighted by Crippen LogP contribution is 2.05. The van der Waals surface area contributed by atoms with E-state index in [2.05, 4.69) is 25.6 Å². The standard InChI is InChI=1S/C15H13FN6O/c16-12-3-1-11(2-4-12)9-22-10-13(20-21-22)7-19-15(23)14-8-17-5-6-18-14/h1-6,8,10H,7,9H2,(H,19,23). The number of hydrogen-bond acceptors (Lipinski definition) is 5. The van der Waals surface area contributed by atoms with Gasteiger partial charge in [-0.15, -0.1) is 5.10 Å². The molecule has 0 aliphatic carbocycles. The van der Waals surface area contributed by atoms with Crippen LogP contribution in [0.3, 0.4) is 0 Å². The fraction of sp³-hybridized carbons (Fsp3) is 0.133. The number of nitrogens with one attached hydrogen (secondary N) is 1. The summed E-state index contributed by atoms with van der Waals surface area (Å²) in [5, 5.41) is 10.7. The minimum absolute atomic E-state index is 0.235. The van der Waals surface area contributed by atoms with Gasteiger partial charge in [0, 0.05) is 12.4 Å². The van der Waals surface area contributed by atoms with Crippen LogP contribution in [0.2, 0.25) is 0 Å². The van der Waals surface area contributed by atoms with Gasteiger partial charge in [-0.25, -0.2) is 14.1 Å². The van der Waals surface area contributed by atoms with Crippen molar-refractivity contribution in [1.82, 2.24) is 30.3 Å². The van der Waals surface area contributed by atoms with E-state index < -0.39 is 0 Å². The molecule has 0 fully saturated rings. The van der Waals surface area contributed by atoms with Crippen molar-refractivity contribution in [1.29, 1.82) is 0 Å². The molecule has 7 nitrogen and oxygen atoms in total. The summed E-state index contributed by atoms with van der Waals surface area (Å²) in [5.41, 5.74) is 1.77. The molecule has 0 saturated carbocycles. The molecule has 0 saturated heterocycles. The average molecular weight is 312 g/mol. The third kappa shape index (κ3) is 3.94. The normalized spacial score (nSPS) is 10.5. The molecule has 0 aliphatic rings. The van der Waals surface area contributed by atoms with Crippen molar-refractivity contribution < 1.29 is 9.18 Å². The first-order valence-corrected chi connectivity index (χ1v) is 6.88. The number of carbonyl (C=O) groups excluding carboxylic acids is 1. The second-order valence-corrected chi connectivity index (χ2v) is 4.81. The van der Waals surface area contributed by atoms with E-state index >= 15 is 0 Å². The summed E-state index contributed by atoms with van der Waals surface area (Å²) in [7, 11) is 0. The molecule has 2 heterocycles. The molecule has 1 aromatic carbocycles. The molecule has 0 atom stereocenters. The molecule has 3 rings (SSSR count). The van der Waals surface area contributed by atoms with Gasteiger partial charge in [0.15, 0.2) is 0 Å². The van der Waals surface area contributed by atoms with Gasteiger partial charge >= 0.3 is 0 Å². The number of aromatic nitrogens is 5. The van der Waals surface area contributed by atoms with E-state index in [1.807, 2.05) is 0 Å². The van der Waals surface area contributed by atoms with E-state index in [1.54, 1.807) is 23.0 Å². The van der Waals surface area contributed by atoms with Crippen LogP contribution in [-0.4, -0.2) is 30.9 Å². The van der Waals surface area contributed by atoms with Crippen LogP contribution in [-0.2, 0) is 13.1 Å². The summed E-state index contributed by atoms with van der Waals surface area (Å²) in [6.07, 6.45) is 6.06. The molecule has 0 spiro atoms. The van der Waals surface area contributed by atoms with Crippen LogP contribution in [0, 0.1) is 5.82 Å². The second-order valence-electron chi connectivity index (χ2n) is 4.81. The lowest BCUT2D eigenvalue weighted by molar-refractivity contribution is 0.0945. The lowest BCUT2D eigenvalue weighted by atomic mass is 10.2. The molecular formula is C15H13FN6O. The highest BCUT2D eigenvalue weighted by Gasteiger charge is 2.08. The zero-order chi connectivity index (χ0) is 16.1. The second kappa shape index (κ2) is 6.73.